The van der Waals surface area contributed by atoms with E-state index in [1.807, 2.05) is 0 Å². The van der Waals surface area contributed by atoms with Gasteiger partial charge in [0.2, 0.25) is 0 Å². The predicted octanol–water partition coefficient (Wildman–Crippen LogP) is 2.94. The Labute approximate surface area is 115 Å². The number of nitrogens with zero attached hydrogens (tertiary/aromatic N) is 1. The molecule has 0 fully saturated rings. The van der Waals surface area contributed by atoms with E-state index in [9.17, 15) is 23.1 Å². The predicted molar refractivity (Wildman–Crippen MR) is 69.4 cm³/mol. The maximum atomic E-state index is 12.4. The fourth-order valence-corrected chi connectivity index (χ4v) is 1.62. The summed E-state index contributed by atoms with van der Waals surface area (Å²) in [6.45, 7) is 3.84. The number of aliphatic hydroxyl groups is 1. The van der Waals surface area contributed by atoms with E-state index in [0.717, 1.165) is 12.1 Å². The lowest BCUT2D eigenvalue weighted by molar-refractivity contribution is -0.137. The highest BCUT2D eigenvalue weighted by Crippen LogP contribution is 2.29. The Morgan fingerprint density at radius 3 is 2.30 bits per heavy atom. The highest BCUT2D eigenvalue weighted by atomic mass is 19.4. The molecule has 20 heavy (non-hydrogen) atoms. The fourth-order valence-electron chi connectivity index (χ4n) is 1.62. The number of rotatable bonds is 4. The third-order valence-electron chi connectivity index (χ3n) is 2.62. The van der Waals surface area contributed by atoms with Gasteiger partial charge in [-0.05, 0) is 38.1 Å². The Morgan fingerprint density at radius 2 is 1.90 bits per heavy atom. The molecule has 2 amide bonds. The van der Waals surface area contributed by atoms with Gasteiger partial charge in [-0.2, -0.15) is 13.2 Å². The van der Waals surface area contributed by atoms with Crippen molar-refractivity contribution in [3.05, 3.63) is 29.8 Å². The number of aliphatic hydroxyl groups excluding tert-OH is 1. The topological polar surface area (TPSA) is 52.6 Å². The highest BCUT2D eigenvalue weighted by molar-refractivity contribution is 5.89. The van der Waals surface area contributed by atoms with Gasteiger partial charge in [0.1, 0.15) is 0 Å². The van der Waals surface area contributed by atoms with Crippen LogP contribution in [0.5, 0.6) is 0 Å². The summed E-state index contributed by atoms with van der Waals surface area (Å²) in [6.07, 6.45) is -5.07. The first-order valence-electron chi connectivity index (χ1n) is 6.15. The van der Waals surface area contributed by atoms with Gasteiger partial charge in [0.05, 0.1) is 11.7 Å². The largest absolute Gasteiger partial charge is 0.416 e. The second-order valence-corrected chi connectivity index (χ2v) is 4.39. The smallest absolute Gasteiger partial charge is 0.392 e. The molecule has 0 unspecified atom stereocenters. The van der Waals surface area contributed by atoms with Crippen molar-refractivity contribution in [1.29, 1.82) is 0 Å². The van der Waals surface area contributed by atoms with Crippen LogP contribution in [0.1, 0.15) is 19.4 Å². The molecular formula is C13H17F3N2O2. The number of alkyl halides is 3. The van der Waals surface area contributed by atoms with Crippen LogP contribution < -0.4 is 5.32 Å². The molecule has 112 valence electrons. The van der Waals surface area contributed by atoms with E-state index in [-0.39, 0.29) is 12.2 Å². The molecule has 2 N–H and O–H groups in total. The van der Waals surface area contributed by atoms with Crippen molar-refractivity contribution >= 4 is 11.7 Å². The fraction of sp³-hybridized carbons (Fsp3) is 0.462. The first kappa shape index (κ1) is 16.3. The summed E-state index contributed by atoms with van der Waals surface area (Å²) in [4.78, 5) is 13.2. The molecule has 0 aliphatic rings. The van der Waals surface area contributed by atoms with Gasteiger partial charge in [-0.15, -0.1) is 0 Å². The van der Waals surface area contributed by atoms with E-state index < -0.39 is 23.9 Å². The summed E-state index contributed by atoms with van der Waals surface area (Å²) < 4.78 is 37.2. The molecule has 0 saturated carbocycles. The minimum absolute atomic E-state index is 0.156. The van der Waals surface area contributed by atoms with Crippen molar-refractivity contribution in [2.45, 2.75) is 26.1 Å². The van der Waals surface area contributed by atoms with Crippen molar-refractivity contribution in [2.75, 3.05) is 18.4 Å². The molecule has 7 heteroatoms. The number of carbonyl (C=O) groups is 1. The molecule has 0 aliphatic carbocycles. The molecule has 0 bridgehead atoms. The number of nitrogens with one attached hydrogen (secondary N) is 1. The zero-order valence-electron chi connectivity index (χ0n) is 11.2. The zero-order chi connectivity index (χ0) is 15.3. The lowest BCUT2D eigenvalue weighted by Crippen LogP contribution is -2.39. The summed E-state index contributed by atoms with van der Waals surface area (Å²) in [7, 11) is 0. The zero-order valence-corrected chi connectivity index (χ0v) is 11.2. The summed E-state index contributed by atoms with van der Waals surface area (Å²) in [5.74, 6) is 0. The number of benzene rings is 1. The van der Waals surface area contributed by atoms with E-state index in [1.165, 1.54) is 17.0 Å². The first-order valence-corrected chi connectivity index (χ1v) is 6.15. The molecule has 0 spiro atoms. The maximum absolute atomic E-state index is 12.4. The van der Waals surface area contributed by atoms with Gasteiger partial charge in [0.25, 0.3) is 0 Å². The van der Waals surface area contributed by atoms with Crippen LogP contribution >= 0.6 is 0 Å². The molecule has 1 atom stereocenters. The number of halogens is 3. The molecule has 1 aromatic rings. The number of likely N-dealkylation sites (N-methyl/N-ethyl adjacent to an activating group) is 1. The van der Waals surface area contributed by atoms with Crippen molar-refractivity contribution in [2.24, 2.45) is 0 Å². The second kappa shape index (κ2) is 6.60. The Balaban J connectivity index is 2.70. The van der Waals surface area contributed by atoms with Crippen LogP contribution in [0.2, 0.25) is 0 Å². The van der Waals surface area contributed by atoms with Gasteiger partial charge in [-0.25, -0.2) is 4.79 Å². The molecule has 0 heterocycles. The maximum Gasteiger partial charge on any atom is 0.416 e. The molecule has 0 radical (unpaired) electrons. The van der Waals surface area contributed by atoms with Gasteiger partial charge < -0.3 is 15.3 Å². The van der Waals surface area contributed by atoms with Crippen molar-refractivity contribution in [1.82, 2.24) is 4.90 Å². The van der Waals surface area contributed by atoms with Crippen molar-refractivity contribution in [3.8, 4) is 0 Å². The molecule has 0 aliphatic heterocycles. The number of carbonyl (C=O) groups excluding carboxylic acids is 1. The number of anilines is 1. The van der Waals surface area contributed by atoms with E-state index in [2.05, 4.69) is 5.32 Å². The monoisotopic (exact) mass is 290 g/mol. The van der Waals surface area contributed by atoms with Crippen LogP contribution in [-0.4, -0.2) is 35.2 Å². The number of amides is 2. The SMILES string of the molecule is CCN(C[C@@H](C)O)C(=O)Nc1ccc(C(F)(F)F)cc1. The highest BCUT2D eigenvalue weighted by Gasteiger charge is 2.30. The van der Waals surface area contributed by atoms with Gasteiger partial charge in [0.15, 0.2) is 0 Å². The summed E-state index contributed by atoms with van der Waals surface area (Å²) >= 11 is 0. The Morgan fingerprint density at radius 1 is 1.35 bits per heavy atom. The molecule has 0 aromatic heterocycles. The number of hydrogen-bond acceptors (Lipinski definition) is 2. The van der Waals surface area contributed by atoms with Gasteiger partial charge in [0, 0.05) is 18.8 Å². The van der Waals surface area contributed by atoms with Crippen LogP contribution in [0.25, 0.3) is 0 Å². The summed E-state index contributed by atoms with van der Waals surface area (Å²) in [5.41, 5.74) is -0.501. The third-order valence-corrected chi connectivity index (χ3v) is 2.62. The average molecular weight is 290 g/mol. The van der Waals surface area contributed by atoms with E-state index in [0.29, 0.717) is 6.54 Å². The van der Waals surface area contributed by atoms with Crippen molar-refractivity contribution < 1.29 is 23.1 Å². The minimum Gasteiger partial charge on any atom is -0.392 e. The third kappa shape index (κ3) is 4.73. The Bertz CT molecular complexity index is 444. The van der Waals surface area contributed by atoms with E-state index >= 15 is 0 Å². The number of urea groups is 1. The molecule has 1 rings (SSSR count). The Kier molecular flexibility index (Phi) is 5.38. The summed E-state index contributed by atoms with van der Waals surface area (Å²) in [5, 5.41) is 11.7. The minimum atomic E-state index is -4.40. The Hall–Kier alpha value is -1.76. The quantitative estimate of drug-likeness (QED) is 0.895. The second-order valence-electron chi connectivity index (χ2n) is 4.39. The van der Waals surface area contributed by atoms with Gasteiger partial charge in [-0.3, -0.25) is 0 Å². The molecule has 4 nitrogen and oxygen atoms in total. The normalized spacial score (nSPS) is 12.9. The van der Waals surface area contributed by atoms with Gasteiger partial charge >= 0.3 is 12.2 Å². The first-order chi connectivity index (χ1) is 9.24. The van der Waals surface area contributed by atoms with Crippen LogP contribution in [0.15, 0.2) is 24.3 Å². The average Bonchev–Trinajstić information content (AvgIpc) is 2.35. The van der Waals surface area contributed by atoms with E-state index in [4.69, 9.17) is 0 Å². The van der Waals surface area contributed by atoms with Crippen molar-refractivity contribution in [3.63, 3.8) is 0 Å². The van der Waals surface area contributed by atoms with Crippen LogP contribution in [-0.2, 0) is 6.18 Å². The van der Waals surface area contributed by atoms with Gasteiger partial charge in [-0.1, -0.05) is 0 Å². The lowest BCUT2D eigenvalue weighted by Gasteiger charge is -2.22. The van der Waals surface area contributed by atoms with Crippen LogP contribution in [0.3, 0.4) is 0 Å². The van der Waals surface area contributed by atoms with Crippen LogP contribution in [0, 0.1) is 0 Å². The van der Waals surface area contributed by atoms with E-state index in [1.54, 1.807) is 13.8 Å². The van der Waals surface area contributed by atoms with Crippen LogP contribution in [0.4, 0.5) is 23.7 Å². The number of hydrogen-bond donors (Lipinski definition) is 2. The molecular weight excluding hydrogens is 273 g/mol. The molecule has 1 aromatic carbocycles. The lowest BCUT2D eigenvalue weighted by atomic mass is 10.2. The summed E-state index contributed by atoms with van der Waals surface area (Å²) in [6, 6.07) is 3.72. The molecule has 0 saturated heterocycles. The standard InChI is InChI=1S/C13H17F3N2O2/c1-3-18(8-9(2)19)12(20)17-11-6-4-10(5-7-11)13(14,15)16/h4-7,9,19H,3,8H2,1-2H3,(H,17,20)/t9-/m1/s1.